The summed E-state index contributed by atoms with van der Waals surface area (Å²) in [7, 11) is -9.34. The Bertz CT molecular complexity index is 878. The average molecular weight is 406 g/mol. The SMILES string of the molecule is O=S(=O)(O)c1cc(Cl)ccc1-c1ccc(Cl)cc1S(=O)(=O)O.[Na+]. The molecule has 0 saturated heterocycles. The van der Waals surface area contributed by atoms with Crippen molar-refractivity contribution in [2.24, 2.45) is 0 Å². The van der Waals surface area contributed by atoms with E-state index in [0.29, 0.717) is 0 Å². The minimum Gasteiger partial charge on any atom is -0.282 e. The maximum absolute atomic E-state index is 11.5. The average Bonchev–Trinajstić information content (AvgIpc) is 2.37. The zero-order valence-electron chi connectivity index (χ0n) is 11.6. The fraction of sp³-hybridized carbons (Fsp3) is 0. The Morgan fingerprint density at radius 2 is 1.00 bits per heavy atom. The predicted molar refractivity (Wildman–Crippen MR) is 81.5 cm³/mol. The number of rotatable bonds is 3. The standard InChI is InChI=1S/C12H8Cl2O6S2.Na/c13-7-1-3-9(11(5-7)21(15,16)17)10-4-2-8(14)6-12(10)22(18,19)20;/h1-6H,(H,15,16,17)(H,18,19,20);/q;+1. The largest absolute Gasteiger partial charge is 1.00 e. The van der Waals surface area contributed by atoms with Gasteiger partial charge in [-0.1, -0.05) is 35.3 Å². The van der Waals surface area contributed by atoms with Crippen molar-refractivity contribution in [3.8, 4) is 11.1 Å². The summed E-state index contributed by atoms with van der Waals surface area (Å²) >= 11 is 11.4. The van der Waals surface area contributed by atoms with Crippen molar-refractivity contribution in [3.05, 3.63) is 46.4 Å². The Morgan fingerprint density at radius 1 is 0.696 bits per heavy atom. The van der Waals surface area contributed by atoms with E-state index in [1.165, 1.54) is 24.3 Å². The van der Waals surface area contributed by atoms with Crippen LogP contribution in [0.4, 0.5) is 0 Å². The van der Waals surface area contributed by atoms with Gasteiger partial charge in [0.25, 0.3) is 20.2 Å². The summed E-state index contributed by atoms with van der Waals surface area (Å²) in [5, 5.41) is 0.0532. The first-order valence-corrected chi connectivity index (χ1v) is 9.18. The fourth-order valence-corrected chi connectivity index (χ4v) is 3.80. The molecule has 0 amide bonds. The summed E-state index contributed by atoms with van der Waals surface area (Å²) in [5.41, 5.74) is -0.285. The van der Waals surface area contributed by atoms with Crippen molar-refractivity contribution in [1.29, 1.82) is 0 Å². The van der Waals surface area contributed by atoms with E-state index in [2.05, 4.69) is 0 Å². The number of benzene rings is 2. The summed E-state index contributed by atoms with van der Waals surface area (Å²) in [6, 6.07) is 6.98. The molecule has 2 aromatic carbocycles. The van der Waals surface area contributed by atoms with Gasteiger partial charge >= 0.3 is 29.6 Å². The number of hydrogen-bond acceptors (Lipinski definition) is 4. The van der Waals surface area contributed by atoms with E-state index >= 15 is 0 Å². The van der Waals surface area contributed by atoms with Crippen LogP contribution in [0.3, 0.4) is 0 Å². The van der Waals surface area contributed by atoms with Gasteiger partial charge in [0.1, 0.15) is 9.79 Å². The molecule has 2 N–H and O–H groups in total. The molecule has 2 rings (SSSR count). The number of halogens is 2. The summed E-state index contributed by atoms with van der Waals surface area (Å²) < 4.78 is 64.4. The molecular weight excluding hydrogens is 398 g/mol. The summed E-state index contributed by atoms with van der Waals surface area (Å²) in [6.45, 7) is 0. The van der Waals surface area contributed by atoms with Crippen molar-refractivity contribution in [1.82, 2.24) is 0 Å². The molecule has 6 nitrogen and oxygen atoms in total. The van der Waals surface area contributed by atoms with Crippen LogP contribution in [-0.2, 0) is 20.2 Å². The van der Waals surface area contributed by atoms with Gasteiger partial charge in [-0.05, 0) is 24.3 Å². The zero-order chi connectivity index (χ0) is 16.7. The topological polar surface area (TPSA) is 109 Å². The second-order valence-corrected chi connectivity index (χ2v) is 7.88. The molecule has 0 heterocycles. The predicted octanol–water partition coefficient (Wildman–Crippen LogP) is 0.158. The molecule has 0 aliphatic carbocycles. The molecule has 0 spiro atoms. The second kappa shape index (κ2) is 7.38. The van der Waals surface area contributed by atoms with Gasteiger partial charge in [-0.15, -0.1) is 0 Å². The summed E-state index contributed by atoms with van der Waals surface area (Å²) in [6.07, 6.45) is 0. The molecule has 0 atom stereocenters. The Labute approximate surface area is 165 Å². The normalized spacial score (nSPS) is 11.8. The molecular formula is C12H8Cl2NaO6S2+. The first-order chi connectivity index (χ1) is 10.00. The van der Waals surface area contributed by atoms with Crippen molar-refractivity contribution in [2.45, 2.75) is 9.79 Å². The first kappa shape index (κ1) is 20.9. The third kappa shape index (κ3) is 4.91. The summed E-state index contributed by atoms with van der Waals surface area (Å²) in [4.78, 5) is -1.18. The molecule has 0 saturated carbocycles. The van der Waals surface area contributed by atoms with E-state index in [-0.39, 0.29) is 50.7 Å². The fourth-order valence-electron chi connectivity index (χ4n) is 1.86. The molecule has 2 aromatic rings. The van der Waals surface area contributed by atoms with Crippen LogP contribution in [0.2, 0.25) is 10.0 Å². The molecule has 0 aromatic heterocycles. The van der Waals surface area contributed by atoms with Crippen LogP contribution in [-0.4, -0.2) is 25.9 Å². The van der Waals surface area contributed by atoms with Crippen LogP contribution < -0.4 is 29.6 Å². The van der Waals surface area contributed by atoms with Gasteiger partial charge in [0.05, 0.1) is 0 Å². The van der Waals surface area contributed by atoms with Crippen LogP contribution >= 0.6 is 23.2 Å². The van der Waals surface area contributed by atoms with Crippen LogP contribution in [0.25, 0.3) is 11.1 Å². The molecule has 0 fully saturated rings. The second-order valence-electron chi connectivity index (χ2n) is 4.23. The zero-order valence-corrected chi connectivity index (χ0v) is 16.7. The molecule has 0 unspecified atom stereocenters. The van der Waals surface area contributed by atoms with Gasteiger partial charge in [-0.3, -0.25) is 9.11 Å². The van der Waals surface area contributed by atoms with E-state index in [9.17, 15) is 25.9 Å². The van der Waals surface area contributed by atoms with Crippen LogP contribution in [0.1, 0.15) is 0 Å². The van der Waals surface area contributed by atoms with Crippen molar-refractivity contribution in [2.75, 3.05) is 0 Å². The minimum atomic E-state index is -4.67. The van der Waals surface area contributed by atoms with E-state index in [4.69, 9.17) is 23.2 Å². The maximum Gasteiger partial charge on any atom is 1.00 e. The van der Waals surface area contributed by atoms with Gasteiger partial charge < -0.3 is 0 Å². The number of hydrogen-bond donors (Lipinski definition) is 2. The Kier molecular flexibility index (Phi) is 6.70. The van der Waals surface area contributed by atoms with Crippen LogP contribution in [0.15, 0.2) is 46.2 Å². The van der Waals surface area contributed by atoms with Crippen LogP contribution in [0.5, 0.6) is 0 Å². The van der Waals surface area contributed by atoms with Gasteiger partial charge in [0.15, 0.2) is 0 Å². The van der Waals surface area contributed by atoms with E-state index < -0.39 is 30.0 Å². The van der Waals surface area contributed by atoms with Gasteiger partial charge in [0.2, 0.25) is 0 Å². The van der Waals surface area contributed by atoms with E-state index in [1.54, 1.807) is 0 Å². The van der Waals surface area contributed by atoms with Gasteiger partial charge in [-0.2, -0.15) is 16.8 Å². The van der Waals surface area contributed by atoms with Crippen LogP contribution in [0, 0.1) is 0 Å². The quantitative estimate of drug-likeness (QED) is 0.555. The Morgan fingerprint density at radius 3 is 1.26 bits per heavy atom. The maximum atomic E-state index is 11.5. The van der Waals surface area contributed by atoms with Gasteiger partial charge in [0, 0.05) is 21.2 Å². The van der Waals surface area contributed by atoms with Crippen molar-refractivity contribution in [3.63, 3.8) is 0 Å². The van der Waals surface area contributed by atoms with Crippen molar-refractivity contribution < 1.29 is 55.5 Å². The Balaban J connectivity index is 0.00000264. The van der Waals surface area contributed by atoms with E-state index in [0.717, 1.165) is 12.1 Å². The minimum absolute atomic E-state index is 0. The monoisotopic (exact) mass is 405 g/mol. The molecule has 0 radical (unpaired) electrons. The molecule has 23 heavy (non-hydrogen) atoms. The molecule has 11 heteroatoms. The third-order valence-electron chi connectivity index (χ3n) is 2.73. The first-order valence-electron chi connectivity index (χ1n) is 5.54. The van der Waals surface area contributed by atoms with E-state index in [1.807, 2.05) is 0 Å². The van der Waals surface area contributed by atoms with Crippen molar-refractivity contribution >= 4 is 43.4 Å². The molecule has 0 aliphatic heterocycles. The van der Waals surface area contributed by atoms with Gasteiger partial charge in [-0.25, -0.2) is 0 Å². The smallest absolute Gasteiger partial charge is 0.282 e. The molecule has 0 bridgehead atoms. The third-order valence-corrected chi connectivity index (χ3v) is 4.99. The Hall–Kier alpha value is -0.160. The molecule has 0 aliphatic rings. The molecule has 118 valence electrons. The summed E-state index contributed by atoms with van der Waals surface area (Å²) in [5.74, 6) is 0.